The van der Waals surface area contributed by atoms with Crippen LogP contribution >= 0.6 is 0 Å². The second kappa shape index (κ2) is 6.33. The summed E-state index contributed by atoms with van der Waals surface area (Å²) in [4.78, 5) is 29.6. The van der Waals surface area contributed by atoms with Crippen LogP contribution in [0, 0.1) is 6.92 Å². The van der Waals surface area contributed by atoms with E-state index in [9.17, 15) is 9.59 Å². The molecule has 8 heteroatoms. The zero-order valence-electron chi connectivity index (χ0n) is 13.3. The number of rotatable bonds is 3. The summed E-state index contributed by atoms with van der Waals surface area (Å²) in [6.07, 6.45) is 0.797. The third kappa shape index (κ3) is 4.19. The molecular formula is C14H21N3O5. The molecule has 1 atom stereocenters. The molecule has 1 amide bonds. The Bertz CT molecular complexity index is 549. The van der Waals surface area contributed by atoms with E-state index in [1.54, 1.807) is 27.7 Å². The second-order valence-electron chi connectivity index (χ2n) is 6.17. The minimum atomic E-state index is -0.622. The standard InChI is InChI=1S/C14H21N3O5/c1-9-15-11(16-22-9)8-20-12(18)10-6-5-7-17(10)13(19)21-14(2,3)4/h10H,5-8H2,1-4H3. The van der Waals surface area contributed by atoms with E-state index in [4.69, 9.17) is 14.0 Å². The monoisotopic (exact) mass is 311 g/mol. The van der Waals surface area contributed by atoms with E-state index < -0.39 is 23.7 Å². The van der Waals surface area contributed by atoms with Gasteiger partial charge in [-0.25, -0.2) is 9.59 Å². The van der Waals surface area contributed by atoms with Gasteiger partial charge in [-0.05, 0) is 33.6 Å². The number of likely N-dealkylation sites (tertiary alicyclic amines) is 1. The van der Waals surface area contributed by atoms with Crippen LogP contribution in [0.25, 0.3) is 0 Å². The summed E-state index contributed by atoms with van der Waals surface area (Å²) < 4.78 is 15.3. The molecule has 0 radical (unpaired) electrons. The Balaban J connectivity index is 1.91. The van der Waals surface area contributed by atoms with Crippen LogP contribution in [0.1, 0.15) is 45.3 Å². The molecule has 8 nitrogen and oxygen atoms in total. The average Bonchev–Trinajstić information content (AvgIpc) is 3.02. The zero-order chi connectivity index (χ0) is 16.3. The minimum Gasteiger partial charge on any atom is -0.456 e. The Labute approximate surface area is 128 Å². The minimum absolute atomic E-state index is 0.0746. The molecule has 122 valence electrons. The van der Waals surface area contributed by atoms with E-state index in [0.29, 0.717) is 24.7 Å². The first-order valence-corrected chi connectivity index (χ1v) is 7.22. The normalized spacial score (nSPS) is 18.4. The summed E-state index contributed by atoms with van der Waals surface area (Å²) in [5.41, 5.74) is -0.601. The Morgan fingerprint density at radius 1 is 1.41 bits per heavy atom. The van der Waals surface area contributed by atoms with Crippen molar-refractivity contribution >= 4 is 12.1 Å². The van der Waals surface area contributed by atoms with Crippen molar-refractivity contribution in [1.82, 2.24) is 15.0 Å². The SMILES string of the molecule is Cc1nc(COC(=O)C2CCCN2C(=O)OC(C)(C)C)no1. The van der Waals surface area contributed by atoms with Gasteiger partial charge in [0.15, 0.2) is 6.61 Å². The molecule has 0 saturated carbocycles. The average molecular weight is 311 g/mol. The number of esters is 1. The van der Waals surface area contributed by atoms with Crippen LogP contribution in [0.2, 0.25) is 0 Å². The van der Waals surface area contributed by atoms with Gasteiger partial charge in [-0.1, -0.05) is 5.16 Å². The van der Waals surface area contributed by atoms with Gasteiger partial charge in [0.2, 0.25) is 11.7 Å². The Morgan fingerprint density at radius 3 is 2.73 bits per heavy atom. The van der Waals surface area contributed by atoms with Crippen molar-refractivity contribution in [2.24, 2.45) is 0 Å². The maximum absolute atomic E-state index is 12.1. The predicted molar refractivity (Wildman–Crippen MR) is 74.8 cm³/mol. The van der Waals surface area contributed by atoms with E-state index in [1.165, 1.54) is 4.90 Å². The van der Waals surface area contributed by atoms with E-state index in [1.807, 2.05) is 0 Å². The fourth-order valence-corrected chi connectivity index (χ4v) is 2.18. The van der Waals surface area contributed by atoms with Crippen molar-refractivity contribution in [3.63, 3.8) is 0 Å². The van der Waals surface area contributed by atoms with Gasteiger partial charge in [0.1, 0.15) is 11.6 Å². The molecule has 1 aromatic rings. The summed E-state index contributed by atoms with van der Waals surface area (Å²) >= 11 is 0. The van der Waals surface area contributed by atoms with Crippen molar-refractivity contribution in [1.29, 1.82) is 0 Å². The molecule has 2 heterocycles. The fraction of sp³-hybridized carbons (Fsp3) is 0.714. The molecule has 0 bridgehead atoms. The lowest BCUT2D eigenvalue weighted by Crippen LogP contribution is -2.44. The van der Waals surface area contributed by atoms with Crippen molar-refractivity contribution < 1.29 is 23.6 Å². The van der Waals surface area contributed by atoms with Gasteiger partial charge in [0.05, 0.1) is 0 Å². The van der Waals surface area contributed by atoms with Crippen LogP contribution in [-0.4, -0.2) is 45.3 Å². The van der Waals surface area contributed by atoms with Crippen molar-refractivity contribution in [3.8, 4) is 0 Å². The number of amides is 1. The maximum Gasteiger partial charge on any atom is 0.411 e. The smallest absolute Gasteiger partial charge is 0.411 e. The quantitative estimate of drug-likeness (QED) is 0.786. The molecule has 2 rings (SSSR count). The van der Waals surface area contributed by atoms with E-state index in [-0.39, 0.29) is 6.61 Å². The number of nitrogens with zero attached hydrogens (tertiary/aromatic N) is 3. The van der Waals surface area contributed by atoms with Crippen LogP contribution in [0.15, 0.2) is 4.52 Å². The number of aryl methyl sites for hydroxylation is 1. The molecular weight excluding hydrogens is 290 g/mol. The lowest BCUT2D eigenvalue weighted by atomic mass is 10.2. The third-order valence-corrected chi connectivity index (χ3v) is 3.07. The van der Waals surface area contributed by atoms with Gasteiger partial charge in [-0.2, -0.15) is 4.98 Å². The number of ether oxygens (including phenoxy) is 2. The molecule has 1 aromatic heterocycles. The predicted octanol–water partition coefficient (Wildman–Crippen LogP) is 1.82. The van der Waals surface area contributed by atoms with Gasteiger partial charge in [-0.3, -0.25) is 4.90 Å². The number of hydrogen-bond acceptors (Lipinski definition) is 7. The summed E-state index contributed by atoms with van der Waals surface area (Å²) in [5.74, 6) is 0.223. The van der Waals surface area contributed by atoms with E-state index in [0.717, 1.165) is 6.42 Å². The third-order valence-electron chi connectivity index (χ3n) is 3.07. The zero-order valence-corrected chi connectivity index (χ0v) is 13.3. The van der Waals surface area contributed by atoms with Crippen molar-refractivity contribution in [2.75, 3.05) is 6.54 Å². The van der Waals surface area contributed by atoms with Gasteiger partial charge < -0.3 is 14.0 Å². The summed E-state index contributed by atoms with van der Waals surface area (Å²) in [6, 6.07) is -0.622. The number of aromatic nitrogens is 2. The highest BCUT2D eigenvalue weighted by molar-refractivity contribution is 5.82. The molecule has 0 aliphatic carbocycles. The molecule has 0 aromatic carbocycles. The lowest BCUT2D eigenvalue weighted by Gasteiger charge is -2.27. The molecule has 1 aliphatic heterocycles. The Hall–Kier alpha value is -2.12. The summed E-state index contributed by atoms with van der Waals surface area (Å²) in [7, 11) is 0. The fourth-order valence-electron chi connectivity index (χ4n) is 2.18. The first kappa shape index (κ1) is 16.3. The molecule has 1 unspecified atom stereocenters. The molecule has 22 heavy (non-hydrogen) atoms. The Morgan fingerprint density at radius 2 is 2.14 bits per heavy atom. The van der Waals surface area contributed by atoms with Gasteiger partial charge in [0.25, 0.3) is 0 Å². The van der Waals surface area contributed by atoms with E-state index in [2.05, 4.69) is 10.1 Å². The molecule has 1 saturated heterocycles. The first-order chi connectivity index (χ1) is 10.3. The number of hydrogen-bond donors (Lipinski definition) is 0. The topological polar surface area (TPSA) is 94.8 Å². The van der Waals surface area contributed by atoms with Crippen molar-refractivity contribution in [2.45, 2.75) is 58.8 Å². The van der Waals surface area contributed by atoms with Crippen LogP contribution in [-0.2, 0) is 20.9 Å². The highest BCUT2D eigenvalue weighted by Gasteiger charge is 2.37. The first-order valence-electron chi connectivity index (χ1n) is 7.22. The van der Waals surface area contributed by atoms with E-state index >= 15 is 0 Å². The van der Waals surface area contributed by atoms with Crippen LogP contribution in [0.4, 0.5) is 4.79 Å². The number of carbonyl (C=O) groups excluding carboxylic acids is 2. The van der Waals surface area contributed by atoms with Crippen molar-refractivity contribution in [3.05, 3.63) is 11.7 Å². The molecule has 0 N–H and O–H groups in total. The lowest BCUT2D eigenvalue weighted by molar-refractivity contribution is -0.150. The van der Waals surface area contributed by atoms with Crippen LogP contribution in [0.5, 0.6) is 0 Å². The molecule has 1 fully saturated rings. The second-order valence-corrected chi connectivity index (χ2v) is 6.17. The molecule has 1 aliphatic rings. The van der Waals surface area contributed by atoms with Crippen LogP contribution in [0.3, 0.4) is 0 Å². The summed E-state index contributed by atoms with van der Waals surface area (Å²) in [6.45, 7) is 7.41. The summed E-state index contributed by atoms with van der Waals surface area (Å²) in [5, 5.41) is 3.65. The van der Waals surface area contributed by atoms with Gasteiger partial charge in [-0.15, -0.1) is 0 Å². The highest BCUT2D eigenvalue weighted by Crippen LogP contribution is 2.22. The largest absolute Gasteiger partial charge is 0.456 e. The van der Waals surface area contributed by atoms with Gasteiger partial charge >= 0.3 is 12.1 Å². The van der Waals surface area contributed by atoms with Gasteiger partial charge in [0, 0.05) is 13.5 Å². The number of carbonyl (C=O) groups is 2. The van der Waals surface area contributed by atoms with Crippen LogP contribution < -0.4 is 0 Å². The highest BCUT2D eigenvalue weighted by atomic mass is 16.6. The Kier molecular flexibility index (Phi) is 4.68. The maximum atomic E-state index is 12.1. The molecule has 0 spiro atoms.